The fraction of sp³-hybridized carbons (Fsp3) is 0.0635. The molecule has 0 bridgehead atoms. The number of hydrogen-bond donors (Lipinski definition) is 0. The number of benzene rings is 9. The molecule has 3 unspecified atom stereocenters. The molecule has 3 aromatic heterocycles. The predicted molar refractivity (Wildman–Crippen MR) is 281 cm³/mol. The SMILES string of the molecule is CC1C2C=Cc3c(oc4cc(N(c5ccc(-c6ccccc6)cc5)c5ccc6c(ccc7cc(N(c8ccc(-c9ccccc9)cc8)c8ccc9c(c8)oc8ncccc89)ccc76)c5)ccc34)C12. The van der Waals surface area contributed by atoms with Gasteiger partial charge in [0, 0.05) is 80.1 Å². The Morgan fingerprint density at radius 2 is 0.897 bits per heavy atom. The van der Waals surface area contributed by atoms with E-state index in [1.807, 2.05) is 6.07 Å². The molecule has 0 aliphatic heterocycles. The van der Waals surface area contributed by atoms with Crippen molar-refractivity contribution in [2.24, 2.45) is 11.8 Å². The number of allylic oxidation sites excluding steroid dienone is 1. The highest BCUT2D eigenvalue weighted by Crippen LogP contribution is 2.59. The zero-order chi connectivity index (χ0) is 44.9. The summed E-state index contributed by atoms with van der Waals surface area (Å²) < 4.78 is 13.0. The number of fused-ring (bicyclic) bond motifs is 11. The molecule has 0 amide bonds. The van der Waals surface area contributed by atoms with Gasteiger partial charge in [0.25, 0.3) is 0 Å². The highest BCUT2D eigenvalue weighted by Gasteiger charge is 2.51. The van der Waals surface area contributed by atoms with Crippen LogP contribution in [-0.4, -0.2) is 4.98 Å². The second-order valence-electron chi connectivity index (χ2n) is 18.4. The van der Waals surface area contributed by atoms with Crippen LogP contribution in [0, 0.1) is 11.8 Å². The Morgan fingerprint density at radius 3 is 1.47 bits per heavy atom. The van der Waals surface area contributed by atoms with E-state index in [9.17, 15) is 0 Å². The van der Waals surface area contributed by atoms with E-state index >= 15 is 0 Å². The lowest BCUT2D eigenvalue weighted by atomic mass is 9.99. The van der Waals surface area contributed by atoms with E-state index < -0.39 is 0 Å². The number of nitrogens with zero attached hydrogens (tertiary/aromatic N) is 3. The monoisotopic (exact) mass is 873 g/mol. The summed E-state index contributed by atoms with van der Waals surface area (Å²) in [5, 5.41) is 7.95. The molecular weight excluding hydrogens is 831 g/mol. The van der Waals surface area contributed by atoms with Gasteiger partial charge in [-0.15, -0.1) is 0 Å². The third-order valence-electron chi connectivity index (χ3n) is 14.5. The van der Waals surface area contributed by atoms with Crippen LogP contribution in [0.5, 0.6) is 0 Å². The summed E-state index contributed by atoms with van der Waals surface area (Å²) in [6.07, 6.45) is 6.43. The molecule has 0 radical (unpaired) electrons. The second kappa shape index (κ2) is 15.2. The maximum atomic E-state index is 6.72. The van der Waals surface area contributed by atoms with Crippen LogP contribution >= 0.6 is 0 Å². The number of anilines is 6. The van der Waals surface area contributed by atoms with Crippen LogP contribution in [0.1, 0.15) is 24.2 Å². The first-order valence-electron chi connectivity index (χ1n) is 23.5. The lowest BCUT2D eigenvalue weighted by Crippen LogP contribution is -2.10. The first kappa shape index (κ1) is 38.6. The summed E-state index contributed by atoms with van der Waals surface area (Å²) in [5.74, 6) is 2.85. The molecule has 2 aliphatic carbocycles. The van der Waals surface area contributed by atoms with Gasteiger partial charge in [-0.3, -0.25) is 0 Å². The molecule has 5 heteroatoms. The van der Waals surface area contributed by atoms with Gasteiger partial charge in [-0.05, 0) is 141 Å². The molecule has 322 valence electrons. The molecular formula is C63H43N3O2. The molecule has 3 heterocycles. The number of furan rings is 2. The van der Waals surface area contributed by atoms with Gasteiger partial charge in [0.05, 0.1) is 0 Å². The molecule has 2 aliphatic rings. The standard InChI is InChI=1S/C63H43N3O2/c1-39-52-32-33-57-55-30-26-50(37-59(55)67-62(57)61(39)52)65(46-20-16-42(17-21-46)40-9-4-2-5-10-40)48-24-28-53-44(35-48)14-15-45-36-49(25-29-54(45)53)66(47-22-18-43(19-23-47)41-11-6-3-7-12-41)51-27-31-56-58-13-8-34-64-63(58)68-60(56)38-51/h2-39,52,61H,1H3. The summed E-state index contributed by atoms with van der Waals surface area (Å²) >= 11 is 0. The topological polar surface area (TPSA) is 45.7 Å². The average molecular weight is 874 g/mol. The van der Waals surface area contributed by atoms with E-state index in [4.69, 9.17) is 8.83 Å². The fourth-order valence-corrected chi connectivity index (χ4v) is 10.9. The molecule has 68 heavy (non-hydrogen) atoms. The Labute approximate surface area is 393 Å². The zero-order valence-electron chi connectivity index (χ0n) is 37.3. The van der Waals surface area contributed by atoms with Crippen molar-refractivity contribution in [3.8, 4) is 22.3 Å². The van der Waals surface area contributed by atoms with Crippen molar-refractivity contribution in [3.63, 3.8) is 0 Å². The summed E-state index contributed by atoms with van der Waals surface area (Å²) in [6, 6.07) is 74.2. The minimum Gasteiger partial charge on any atom is -0.460 e. The lowest BCUT2D eigenvalue weighted by Gasteiger charge is -2.27. The average Bonchev–Trinajstić information content (AvgIpc) is 3.70. The Balaban J connectivity index is 0.866. The lowest BCUT2D eigenvalue weighted by molar-refractivity contribution is 0.539. The van der Waals surface area contributed by atoms with Gasteiger partial charge >= 0.3 is 0 Å². The van der Waals surface area contributed by atoms with Crippen LogP contribution < -0.4 is 9.80 Å². The van der Waals surface area contributed by atoms with Gasteiger partial charge in [-0.1, -0.05) is 128 Å². The summed E-state index contributed by atoms with van der Waals surface area (Å²) in [4.78, 5) is 9.18. The van der Waals surface area contributed by atoms with Crippen LogP contribution in [0.15, 0.2) is 227 Å². The van der Waals surface area contributed by atoms with Gasteiger partial charge in [0.1, 0.15) is 16.9 Å². The van der Waals surface area contributed by atoms with Crippen LogP contribution in [0.3, 0.4) is 0 Å². The largest absolute Gasteiger partial charge is 0.460 e. The molecule has 1 fully saturated rings. The highest BCUT2D eigenvalue weighted by atomic mass is 16.3. The first-order chi connectivity index (χ1) is 33.6. The molecule has 0 spiro atoms. The van der Waals surface area contributed by atoms with Crippen LogP contribution in [-0.2, 0) is 0 Å². The molecule has 0 N–H and O–H groups in total. The van der Waals surface area contributed by atoms with Crippen molar-refractivity contribution < 1.29 is 8.83 Å². The maximum Gasteiger partial charge on any atom is 0.227 e. The van der Waals surface area contributed by atoms with E-state index in [0.717, 1.165) is 67.2 Å². The Morgan fingerprint density at radius 1 is 0.412 bits per heavy atom. The molecule has 5 nitrogen and oxygen atoms in total. The Kier molecular flexibility index (Phi) is 8.62. The van der Waals surface area contributed by atoms with Crippen molar-refractivity contribution in [1.82, 2.24) is 4.98 Å². The number of aromatic nitrogens is 1. The van der Waals surface area contributed by atoms with E-state index in [0.29, 0.717) is 23.5 Å². The van der Waals surface area contributed by atoms with Crippen LogP contribution in [0.2, 0.25) is 0 Å². The van der Waals surface area contributed by atoms with Crippen molar-refractivity contribution in [2.45, 2.75) is 12.8 Å². The Bertz CT molecular complexity index is 3950. The van der Waals surface area contributed by atoms with Crippen molar-refractivity contribution >= 4 is 94.8 Å². The van der Waals surface area contributed by atoms with E-state index in [1.165, 1.54) is 49.4 Å². The van der Waals surface area contributed by atoms with Gasteiger partial charge in [0.2, 0.25) is 5.71 Å². The third-order valence-corrected chi connectivity index (χ3v) is 14.5. The van der Waals surface area contributed by atoms with Crippen molar-refractivity contribution in [1.29, 1.82) is 0 Å². The van der Waals surface area contributed by atoms with Gasteiger partial charge in [0.15, 0.2) is 0 Å². The highest BCUT2D eigenvalue weighted by molar-refractivity contribution is 6.10. The van der Waals surface area contributed by atoms with Crippen LogP contribution in [0.25, 0.3) is 82.9 Å². The number of pyridine rings is 1. The maximum absolute atomic E-state index is 6.72. The van der Waals surface area contributed by atoms with E-state index in [1.54, 1.807) is 6.20 Å². The number of rotatable bonds is 8. The molecule has 1 saturated carbocycles. The fourth-order valence-electron chi connectivity index (χ4n) is 10.9. The minimum absolute atomic E-state index is 0.484. The smallest absolute Gasteiger partial charge is 0.227 e. The van der Waals surface area contributed by atoms with Crippen molar-refractivity contribution in [3.05, 3.63) is 230 Å². The summed E-state index contributed by atoms with van der Waals surface area (Å²) in [5.41, 5.74) is 14.7. The molecule has 14 rings (SSSR count). The normalized spacial score (nSPS) is 16.1. The molecule has 9 aromatic carbocycles. The Hall–Kier alpha value is -8.67. The summed E-state index contributed by atoms with van der Waals surface area (Å²) in [6.45, 7) is 2.33. The number of hydrogen-bond acceptors (Lipinski definition) is 5. The molecule has 12 aromatic rings. The van der Waals surface area contributed by atoms with Gasteiger partial charge in [-0.25, -0.2) is 4.98 Å². The zero-order valence-corrected chi connectivity index (χ0v) is 37.3. The van der Waals surface area contributed by atoms with Crippen LogP contribution in [0.4, 0.5) is 34.1 Å². The quantitative estimate of drug-likeness (QED) is 0.142. The second-order valence-corrected chi connectivity index (χ2v) is 18.4. The van der Waals surface area contributed by atoms with E-state index in [2.05, 4.69) is 234 Å². The van der Waals surface area contributed by atoms with E-state index in [-0.39, 0.29) is 0 Å². The van der Waals surface area contributed by atoms with Crippen molar-refractivity contribution in [2.75, 3.05) is 9.80 Å². The third kappa shape index (κ3) is 6.27. The van der Waals surface area contributed by atoms with Gasteiger partial charge in [-0.2, -0.15) is 0 Å². The summed E-state index contributed by atoms with van der Waals surface area (Å²) in [7, 11) is 0. The van der Waals surface area contributed by atoms with Gasteiger partial charge < -0.3 is 18.6 Å². The minimum atomic E-state index is 0.484. The molecule has 3 atom stereocenters. The predicted octanol–water partition coefficient (Wildman–Crippen LogP) is 17.7. The molecule has 0 saturated heterocycles. The first-order valence-corrected chi connectivity index (χ1v) is 23.5.